The SMILES string of the molecule is CCNC(=NCCC1CCOCC1)N1CCC(N2CC=CC2)C1. The minimum Gasteiger partial charge on any atom is -0.381 e. The zero-order valence-electron chi connectivity index (χ0n) is 14.5. The average molecular weight is 320 g/mol. The first kappa shape index (κ1) is 16.8. The van der Waals surface area contributed by atoms with Crippen molar-refractivity contribution < 1.29 is 4.74 Å². The first-order chi connectivity index (χ1) is 11.4. The molecule has 3 aliphatic rings. The molecule has 0 radical (unpaired) electrons. The third-order valence-electron chi connectivity index (χ3n) is 5.30. The number of guanidine groups is 1. The van der Waals surface area contributed by atoms with Crippen molar-refractivity contribution in [3.63, 3.8) is 0 Å². The van der Waals surface area contributed by atoms with E-state index in [1.807, 2.05) is 0 Å². The quantitative estimate of drug-likeness (QED) is 0.476. The molecule has 3 aliphatic heterocycles. The highest BCUT2D eigenvalue weighted by Gasteiger charge is 2.29. The fraction of sp³-hybridized carbons (Fsp3) is 0.833. The van der Waals surface area contributed by atoms with Crippen LogP contribution < -0.4 is 5.32 Å². The van der Waals surface area contributed by atoms with E-state index in [2.05, 4.69) is 34.2 Å². The normalized spacial score (nSPS) is 27.1. The molecule has 130 valence electrons. The van der Waals surface area contributed by atoms with Crippen LogP contribution in [0.5, 0.6) is 0 Å². The Morgan fingerprint density at radius 3 is 2.74 bits per heavy atom. The van der Waals surface area contributed by atoms with Crippen molar-refractivity contribution in [2.24, 2.45) is 10.9 Å². The largest absolute Gasteiger partial charge is 0.381 e. The summed E-state index contributed by atoms with van der Waals surface area (Å²) in [6.45, 7) is 10.4. The summed E-state index contributed by atoms with van der Waals surface area (Å²) >= 11 is 0. The Balaban J connectivity index is 1.48. The maximum Gasteiger partial charge on any atom is 0.193 e. The topological polar surface area (TPSA) is 40.1 Å². The summed E-state index contributed by atoms with van der Waals surface area (Å²) in [6.07, 6.45) is 9.45. The average Bonchev–Trinajstić information content (AvgIpc) is 3.26. The van der Waals surface area contributed by atoms with Gasteiger partial charge in [-0.3, -0.25) is 9.89 Å². The van der Waals surface area contributed by atoms with Crippen LogP contribution in [0.1, 0.15) is 32.6 Å². The second-order valence-electron chi connectivity index (χ2n) is 6.89. The highest BCUT2D eigenvalue weighted by molar-refractivity contribution is 5.80. The van der Waals surface area contributed by atoms with Gasteiger partial charge < -0.3 is 15.0 Å². The van der Waals surface area contributed by atoms with Crippen LogP contribution in [0.4, 0.5) is 0 Å². The van der Waals surface area contributed by atoms with Crippen LogP contribution in [0.25, 0.3) is 0 Å². The van der Waals surface area contributed by atoms with Gasteiger partial charge in [0.1, 0.15) is 0 Å². The van der Waals surface area contributed by atoms with Crippen molar-refractivity contribution >= 4 is 5.96 Å². The van der Waals surface area contributed by atoms with E-state index in [9.17, 15) is 0 Å². The van der Waals surface area contributed by atoms with E-state index in [1.165, 1.54) is 25.7 Å². The fourth-order valence-electron chi connectivity index (χ4n) is 3.84. The van der Waals surface area contributed by atoms with Crippen molar-refractivity contribution in [3.8, 4) is 0 Å². The van der Waals surface area contributed by atoms with Gasteiger partial charge in [-0.15, -0.1) is 0 Å². The number of nitrogens with one attached hydrogen (secondary N) is 1. The first-order valence-electron chi connectivity index (χ1n) is 9.37. The standard InChI is InChI=1S/C18H32N4O/c1-2-19-18(20-9-5-16-7-13-23-14-8-16)22-12-6-17(15-22)21-10-3-4-11-21/h3-4,16-17H,2,5-15H2,1H3,(H,19,20). The second kappa shape index (κ2) is 8.69. The molecule has 0 spiro atoms. The molecule has 5 heteroatoms. The number of likely N-dealkylation sites (tertiary alicyclic amines) is 1. The molecule has 1 N–H and O–H groups in total. The van der Waals surface area contributed by atoms with Gasteiger partial charge in [0, 0.05) is 58.5 Å². The van der Waals surface area contributed by atoms with E-state index in [0.29, 0.717) is 6.04 Å². The summed E-state index contributed by atoms with van der Waals surface area (Å²) in [5.74, 6) is 1.92. The lowest BCUT2D eigenvalue weighted by Crippen LogP contribution is -2.43. The van der Waals surface area contributed by atoms with E-state index in [1.54, 1.807) is 0 Å². The van der Waals surface area contributed by atoms with Crippen LogP contribution in [0, 0.1) is 5.92 Å². The Bertz CT molecular complexity index is 409. The Morgan fingerprint density at radius 1 is 1.22 bits per heavy atom. The van der Waals surface area contributed by atoms with Crippen LogP contribution in [0.15, 0.2) is 17.1 Å². The first-order valence-corrected chi connectivity index (χ1v) is 9.37. The molecule has 0 saturated carbocycles. The highest BCUT2D eigenvalue weighted by atomic mass is 16.5. The lowest BCUT2D eigenvalue weighted by molar-refractivity contribution is 0.0646. The monoisotopic (exact) mass is 320 g/mol. The molecular weight excluding hydrogens is 288 g/mol. The van der Waals surface area contributed by atoms with Gasteiger partial charge >= 0.3 is 0 Å². The molecule has 2 saturated heterocycles. The summed E-state index contributed by atoms with van der Waals surface area (Å²) in [5, 5.41) is 3.49. The molecule has 3 heterocycles. The number of hydrogen-bond acceptors (Lipinski definition) is 3. The predicted octanol–water partition coefficient (Wildman–Crippen LogP) is 1.71. The third-order valence-corrected chi connectivity index (χ3v) is 5.30. The van der Waals surface area contributed by atoms with Crippen molar-refractivity contribution in [2.75, 3.05) is 52.5 Å². The molecule has 0 aromatic rings. The van der Waals surface area contributed by atoms with Crippen molar-refractivity contribution in [1.82, 2.24) is 15.1 Å². The summed E-state index contributed by atoms with van der Waals surface area (Å²) in [4.78, 5) is 9.94. The summed E-state index contributed by atoms with van der Waals surface area (Å²) in [7, 11) is 0. The number of ether oxygens (including phenoxy) is 1. The Morgan fingerprint density at radius 2 is 2.00 bits per heavy atom. The van der Waals surface area contributed by atoms with Gasteiger partial charge in [-0.05, 0) is 38.5 Å². The molecule has 1 atom stereocenters. The molecule has 3 rings (SSSR count). The number of rotatable bonds is 5. The van der Waals surface area contributed by atoms with E-state index < -0.39 is 0 Å². The third kappa shape index (κ3) is 4.70. The van der Waals surface area contributed by atoms with Crippen LogP contribution in [0.2, 0.25) is 0 Å². The molecule has 0 aliphatic carbocycles. The summed E-state index contributed by atoms with van der Waals surface area (Å²) in [6, 6.07) is 0.685. The molecular formula is C18H32N4O. The minimum absolute atomic E-state index is 0.685. The summed E-state index contributed by atoms with van der Waals surface area (Å²) < 4.78 is 5.44. The Hall–Kier alpha value is -1.07. The lowest BCUT2D eigenvalue weighted by Gasteiger charge is -2.26. The Kier molecular flexibility index (Phi) is 6.34. The van der Waals surface area contributed by atoms with Gasteiger partial charge in [-0.2, -0.15) is 0 Å². The van der Waals surface area contributed by atoms with Crippen LogP contribution >= 0.6 is 0 Å². The zero-order valence-corrected chi connectivity index (χ0v) is 14.5. The van der Waals surface area contributed by atoms with Crippen LogP contribution in [0.3, 0.4) is 0 Å². The number of hydrogen-bond donors (Lipinski definition) is 1. The minimum atomic E-state index is 0.685. The molecule has 0 bridgehead atoms. The lowest BCUT2D eigenvalue weighted by atomic mass is 9.97. The van der Waals surface area contributed by atoms with Gasteiger partial charge in [0.2, 0.25) is 0 Å². The van der Waals surface area contributed by atoms with Crippen LogP contribution in [-0.2, 0) is 4.74 Å². The molecule has 0 aromatic carbocycles. The molecule has 23 heavy (non-hydrogen) atoms. The van der Waals surface area contributed by atoms with Gasteiger partial charge in [0.25, 0.3) is 0 Å². The zero-order chi connectivity index (χ0) is 15.9. The smallest absolute Gasteiger partial charge is 0.193 e. The highest BCUT2D eigenvalue weighted by Crippen LogP contribution is 2.20. The predicted molar refractivity (Wildman–Crippen MR) is 94.8 cm³/mol. The van der Waals surface area contributed by atoms with Crippen molar-refractivity contribution in [1.29, 1.82) is 0 Å². The molecule has 0 aromatic heterocycles. The summed E-state index contributed by atoms with van der Waals surface area (Å²) in [5.41, 5.74) is 0. The molecule has 2 fully saturated rings. The fourth-order valence-corrected chi connectivity index (χ4v) is 3.84. The number of nitrogens with zero attached hydrogens (tertiary/aromatic N) is 3. The van der Waals surface area contributed by atoms with E-state index in [-0.39, 0.29) is 0 Å². The van der Waals surface area contributed by atoms with Gasteiger partial charge in [-0.25, -0.2) is 0 Å². The van der Waals surface area contributed by atoms with Gasteiger partial charge in [0.05, 0.1) is 0 Å². The van der Waals surface area contributed by atoms with Crippen molar-refractivity contribution in [2.45, 2.75) is 38.6 Å². The maximum atomic E-state index is 5.44. The molecule has 0 amide bonds. The Labute approximate surface area is 140 Å². The van der Waals surface area contributed by atoms with Gasteiger partial charge in [0.15, 0.2) is 5.96 Å². The maximum absolute atomic E-state index is 5.44. The molecule has 1 unspecified atom stereocenters. The van der Waals surface area contributed by atoms with Gasteiger partial charge in [-0.1, -0.05) is 12.2 Å². The second-order valence-corrected chi connectivity index (χ2v) is 6.89. The van der Waals surface area contributed by atoms with Crippen molar-refractivity contribution in [3.05, 3.63) is 12.2 Å². The molecule has 5 nitrogen and oxygen atoms in total. The van der Waals surface area contributed by atoms with Crippen LogP contribution in [-0.4, -0.2) is 74.3 Å². The number of aliphatic imine (C=N–C) groups is 1. The van der Waals surface area contributed by atoms with E-state index in [0.717, 1.165) is 64.4 Å². The van der Waals surface area contributed by atoms with E-state index >= 15 is 0 Å². The van der Waals surface area contributed by atoms with E-state index in [4.69, 9.17) is 9.73 Å².